The highest BCUT2D eigenvalue weighted by atomic mass is 32.1. The van der Waals surface area contributed by atoms with E-state index >= 15 is 0 Å². The summed E-state index contributed by atoms with van der Waals surface area (Å²) in [6.45, 7) is 3.47. The fourth-order valence-electron chi connectivity index (χ4n) is 2.88. The van der Waals surface area contributed by atoms with E-state index in [2.05, 4.69) is 17.7 Å². The van der Waals surface area contributed by atoms with Crippen molar-refractivity contribution in [1.82, 2.24) is 19.6 Å². The number of nitrogens with zero attached hydrogens (tertiary/aromatic N) is 4. The molecule has 0 bridgehead atoms. The quantitative estimate of drug-likeness (QED) is 0.764. The molecule has 144 valence electrons. The van der Waals surface area contributed by atoms with E-state index in [1.807, 2.05) is 37.3 Å². The Balaban J connectivity index is 1.63. The van der Waals surface area contributed by atoms with Crippen molar-refractivity contribution in [3.63, 3.8) is 0 Å². The van der Waals surface area contributed by atoms with E-state index in [9.17, 15) is 9.59 Å². The van der Waals surface area contributed by atoms with Crippen molar-refractivity contribution in [2.24, 2.45) is 5.73 Å². The van der Waals surface area contributed by atoms with Gasteiger partial charge >= 0.3 is 6.09 Å². The average molecular weight is 389 g/mol. The van der Waals surface area contributed by atoms with Crippen LogP contribution in [0.1, 0.15) is 5.69 Å². The molecule has 1 atom stereocenters. The molecule has 2 amide bonds. The maximum Gasteiger partial charge on any atom is 0.416 e. The molecule has 1 fully saturated rings. The molecular formula is C18H23N5O3S. The van der Waals surface area contributed by atoms with Crippen molar-refractivity contribution in [2.45, 2.75) is 13.0 Å². The summed E-state index contributed by atoms with van der Waals surface area (Å²) in [5.74, 6) is 0.513. The molecule has 2 N–H and O–H groups in total. The van der Waals surface area contributed by atoms with Gasteiger partial charge in [0.05, 0.1) is 17.4 Å². The maximum atomic E-state index is 12.5. The normalized spacial score (nSPS) is 15.5. The molecule has 27 heavy (non-hydrogen) atoms. The van der Waals surface area contributed by atoms with Crippen molar-refractivity contribution in [3.05, 3.63) is 42.1 Å². The first-order valence-electron chi connectivity index (χ1n) is 8.73. The number of hydrogen-bond acceptors (Lipinski definition) is 6. The van der Waals surface area contributed by atoms with E-state index in [0.29, 0.717) is 37.8 Å². The summed E-state index contributed by atoms with van der Waals surface area (Å²) in [7, 11) is 0. The molecule has 9 heteroatoms. The summed E-state index contributed by atoms with van der Waals surface area (Å²) >= 11 is 4.06. The number of benzene rings is 1. The van der Waals surface area contributed by atoms with E-state index in [0.717, 1.165) is 11.4 Å². The summed E-state index contributed by atoms with van der Waals surface area (Å²) in [6.07, 6.45) is -0.460. The third kappa shape index (κ3) is 4.42. The van der Waals surface area contributed by atoms with Crippen LogP contribution in [-0.2, 0) is 4.79 Å². The van der Waals surface area contributed by atoms with Crippen LogP contribution in [0.15, 0.2) is 36.4 Å². The van der Waals surface area contributed by atoms with Crippen molar-refractivity contribution < 1.29 is 14.3 Å². The number of aromatic nitrogens is 2. The number of piperazine rings is 1. The number of para-hydroxylation sites is 1. The van der Waals surface area contributed by atoms with Crippen LogP contribution >= 0.6 is 12.6 Å². The minimum absolute atomic E-state index is 0.143. The van der Waals surface area contributed by atoms with Gasteiger partial charge in [0.25, 0.3) is 0 Å². The van der Waals surface area contributed by atoms with Crippen molar-refractivity contribution in [2.75, 3.05) is 31.9 Å². The van der Waals surface area contributed by atoms with E-state index in [4.69, 9.17) is 10.5 Å². The van der Waals surface area contributed by atoms with Gasteiger partial charge in [-0.25, -0.2) is 9.48 Å². The van der Waals surface area contributed by atoms with Crippen molar-refractivity contribution >= 4 is 24.6 Å². The molecule has 0 aliphatic carbocycles. The summed E-state index contributed by atoms with van der Waals surface area (Å²) in [5, 5.41) is 4.39. The Kier molecular flexibility index (Phi) is 6.02. The molecule has 2 heterocycles. The number of carbonyl (C=O) groups excluding carboxylic acids is 2. The average Bonchev–Trinajstić information content (AvgIpc) is 3.07. The number of carbonyl (C=O) groups is 2. The van der Waals surface area contributed by atoms with Gasteiger partial charge in [-0.1, -0.05) is 18.2 Å². The lowest BCUT2D eigenvalue weighted by atomic mass is 10.2. The fourth-order valence-corrected chi connectivity index (χ4v) is 3.03. The fraction of sp³-hybridized carbons (Fsp3) is 0.389. The van der Waals surface area contributed by atoms with Gasteiger partial charge in [-0.05, 0) is 19.1 Å². The zero-order valence-corrected chi connectivity index (χ0v) is 16.0. The Morgan fingerprint density at radius 2 is 1.81 bits per heavy atom. The minimum Gasteiger partial charge on any atom is -0.391 e. The lowest BCUT2D eigenvalue weighted by molar-refractivity contribution is -0.133. The number of amides is 2. The Labute approximate surface area is 163 Å². The highest BCUT2D eigenvalue weighted by molar-refractivity contribution is 7.80. The predicted octanol–water partition coefficient (Wildman–Crippen LogP) is 1.08. The summed E-state index contributed by atoms with van der Waals surface area (Å²) in [5.41, 5.74) is 7.29. The lowest BCUT2D eigenvalue weighted by Gasteiger charge is -2.35. The topological polar surface area (TPSA) is 93.7 Å². The third-order valence-electron chi connectivity index (χ3n) is 4.35. The van der Waals surface area contributed by atoms with Gasteiger partial charge in [-0.3, -0.25) is 4.79 Å². The van der Waals surface area contributed by atoms with E-state index < -0.39 is 12.1 Å². The molecule has 1 aliphatic heterocycles. The number of nitrogens with two attached hydrogens (primary N) is 1. The van der Waals surface area contributed by atoms with Crippen molar-refractivity contribution in [3.8, 4) is 11.6 Å². The molecular weight excluding hydrogens is 366 g/mol. The van der Waals surface area contributed by atoms with Crippen LogP contribution in [0.25, 0.3) is 5.69 Å². The summed E-state index contributed by atoms with van der Waals surface area (Å²) < 4.78 is 7.17. The number of ether oxygens (including phenoxy) is 1. The summed E-state index contributed by atoms with van der Waals surface area (Å²) in [4.78, 5) is 27.9. The second-order valence-corrected chi connectivity index (χ2v) is 6.71. The Bertz CT molecular complexity index is 803. The number of hydrogen-bond donors (Lipinski definition) is 2. The molecule has 1 aromatic heterocycles. The van der Waals surface area contributed by atoms with Crippen LogP contribution in [0, 0.1) is 6.92 Å². The third-order valence-corrected chi connectivity index (χ3v) is 4.75. The Hall–Kier alpha value is -2.52. The molecule has 1 aromatic carbocycles. The van der Waals surface area contributed by atoms with Gasteiger partial charge in [0.15, 0.2) is 0 Å². The number of thiol groups is 1. The SMILES string of the molecule is Cc1cc(OC(=O)N2CCN(C(=O)C(N)CS)CC2)n(-c2ccccc2)n1. The zero-order valence-electron chi connectivity index (χ0n) is 15.1. The highest BCUT2D eigenvalue weighted by Gasteiger charge is 2.28. The number of aryl methyl sites for hydroxylation is 1. The number of rotatable bonds is 4. The Morgan fingerprint density at radius 1 is 1.19 bits per heavy atom. The van der Waals surface area contributed by atoms with E-state index in [1.165, 1.54) is 0 Å². The first-order valence-corrected chi connectivity index (χ1v) is 9.37. The molecule has 3 rings (SSSR count). The molecule has 0 spiro atoms. The molecule has 0 radical (unpaired) electrons. The molecule has 0 saturated carbocycles. The van der Waals surface area contributed by atoms with Gasteiger partial charge < -0.3 is 20.3 Å². The molecule has 2 aromatic rings. The van der Waals surface area contributed by atoms with Crippen LogP contribution in [0.5, 0.6) is 5.88 Å². The molecule has 1 aliphatic rings. The van der Waals surface area contributed by atoms with Crippen LogP contribution in [0.3, 0.4) is 0 Å². The van der Waals surface area contributed by atoms with Gasteiger partial charge in [-0.2, -0.15) is 17.7 Å². The van der Waals surface area contributed by atoms with Crippen LogP contribution in [0.4, 0.5) is 4.79 Å². The van der Waals surface area contributed by atoms with E-state index in [-0.39, 0.29) is 5.91 Å². The second kappa shape index (κ2) is 8.45. The lowest BCUT2D eigenvalue weighted by Crippen LogP contribution is -2.55. The first kappa shape index (κ1) is 19.2. The molecule has 1 saturated heterocycles. The Morgan fingerprint density at radius 3 is 2.44 bits per heavy atom. The van der Waals surface area contributed by atoms with Crippen LogP contribution in [0.2, 0.25) is 0 Å². The van der Waals surface area contributed by atoms with Crippen molar-refractivity contribution in [1.29, 1.82) is 0 Å². The van der Waals surface area contributed by atoms with Gasteiger partial charge in [0, 0.05) is 38.0 Å². The standard InChI is InChI=1S/C18H23N5O3S/c1-13-11-16(23(20-13)14-5-3-2-4-6-14)26-18(25)22-9-7-21(8-10-22)17(24)15(19)12-27/h2-6,11,15,27H,7-10,12,19H2,1H3. The largest absolute Gasteiger partial charge is 0.416 e. The zero-order chi connectivity index (χ0) is 19.4. The first-order chi connectivity index (χ1) is 13.0. The van der Waals surface area contributed by atoms with Crippen LogP contribution in [-0.4, -0.2) is 69.6 Å². The summed E-state index contributed by atoms with van der Waals surface area (Å²) in [6, 6.07) is 10.6. The van der Waals surface area contributed by atoms with E-state index in [1.54, 1.807) is 20.5 Å². The smallest absolute Gasteiger partial charge is 0.391 e. The van der Waals surface area contributed by atoms with Crippen LogP contribution < -0.4 is 10.5 Å². The van der Waals surface area contributed by atoms with Gasteiger partial charge in [0.1, 0.15) is 0 Å². The molecule has 1 unspecified atom stereocenters. The molecule has 8 nitrogen and oxygen atoms in total. The second-order valence-electron chi connectivity index (χ2n) is 6.34. The monoisotopic (exact) mass is 389 g/mol. The van der Waals surface area contributed by atoms with Gasteiger partial charge in [-0.15, -0.1) is 0 Å². The minimum atomic E-state index is -0.616. The van der Waals surface area contributed by atoms with Gasteiger partial charge in [0.2, 0.25) is 11.8 Å². The predicted molar refractivity (Wildman–Crippen MR) is 104 cm³/mol. The maximum absolute atomic E-state index is 12.5. The highest BCUT2D eigenvalue weighted by Crippen LogP contribution is 2.20.